The fourth-order valence-corrected chi connectivity index (χ4v) is 3.88. The number of nitrogens with zero attached hydrogens (tertiary/aromatic N) is 2. The molecule has 1 N–H and O–H groups in total. The Kier molecular flexibility index (Phi) is 6.81. The standard InChI is InChI=1S/C20H24F3N3O2S/c1-14(25(2)13-16-4-3-11-29-16)19(27)24-17-12-15(20(21,22)23)5-6-18(17)26-7-9-28-10-8-26/h3-6,11-12,14H,7-10,13H2,1-2H3,(H,24,27)/t14-/m1/s1. The van der Waals surface area contributed by atoms with Crippen molar-refractivity contribution in [3.63, 3.8) is 0 Å². The molecule has 2 aromatic rings. The highest BCUT2D eigenvalue weighted by atomic mass is 32.1. The van der Waals surface area contributed by atoms with E-state index < -0.39 is 17.8 Å². The number of carbonyl (C=O) groups excluding carboxylic acids is 1. The zero-order valence-corrected chi connectivity index (χ0v) is 17.1. The number of thiophene rings is 1. The maximum Gasteiger partial charge on any atom is 0.416 e. The van der Waals surface area contributed by atoms with Gasteiger partial charge in [0.25, 0.3) is 0 Å². The number of amides is 1. The molecular formula is C20H24F3N3O2S. The number of hydrogen-bond acceptors (Lipinski definition) is 5. The van der Waals surface area contributed by atoms with Crippen molar-refractivity contribution >= 4 is 28.6 Å². The largest absolute Gasteiger partial charge is 0.416 e. The lowest BCUT2D eigenvalue weighted by atomic mass is 10.1. The van der Waals surface area contributed by atoms with E-state index in [1.54, 1.807) is 18.3 Å². The molecule has 1 aliphatic heterocycles. The minimum Gasteiger partial charge on any atom is -0.378 e. The van der Waals surface area contributed by atoms with E-state index in [0.717, 1.165) is 17.0 Å². The van der Waals surface area contributed by atoms with E-state index >= 15 is 0 Å². The van der Waals surface area contributed by atoms with Gasteiger partial charge in [0.2, 0.25) is 5.91 Å². The van der Waals surface area contributed by atoms with Crippen LogP contribution < -0.4 is 10.2 Å². The molecule has 3 rings (SSSR count). The summed E-state index contributed by atoms with van der Waals surface area (Å²) in [4.78, 5) is 17.7. The zero-order chi connectivity index (χ0) is 21.0. The third kappa shape index (κ3) is 5.49. The molecule has 1 aliphatic rings. The van der Waals surface area contributed by atoms with Crippen LogP contribution in [0.25, 0.3) is 0 Å². The maximum absolute atomic E-state index is 13.2. The molecular weight excluding hydrogens is 403 g/mol. The van der Waals surface area contributed by atoms with Crippen LogP contribution in [-0.2, 0) is 22.3 Å². The van der Waals surface area contributed by atoms with Crippen molar-refractivity contribution in [2.45, 2.75) is 25.7 Å². The van der Waals surface area contributed by atoms with Crippen LogP contribution in [0.5, 0.6) is 0 Å². The van der Waals surface area contributed by atoms with E-state index in [1.807, 2.05) is 34.4 Å². The normalized spacial score (nSPS) is 16.1. The van der Waals surface area contributed by atoms with E-state index in [4.69, 9.17) is 4.74 Å². The number of nitrogens with one attached hydrogen (secondary N) is 1. The molecule has 5 nitrogen and oxygen atoms in total. The zero-order valence-electron chi connectivity index (χ0n) is 16.3. The van der Waals surface area contributed by atoms with Gasteiger partial charge in [0.15, 0.2) is 0 Å². The quantitative estimate of drug-likeness (QED) is 0.755. The van der Waals surface area contributed by atoms with Crippen LogP contribution in [0.4, 0.5) is 24.5 Å². The van der Waals surface area contributed by atoms with Crippen LogP contribution in [0.15, 0.2) is 35.7 Å². The fourth-order valence-electron chi connectivity index (χ4n) is 3.12. The van der Waals surface area contributed by atoms with Crippen molar-refractivity contribution in [3.05, 3.63) is 46.2 Å². The summed E-state index contributed by atoms with van der Waals surface area (Å²) in [5.74, 6) is -0.349. The number of likely N-dealkylation sites (N-methyl/N-ethyl adjacent to an activating group) is 1. The lowest BCUT2D eigenvalue weighted by Gasteiger charge is -2.31. The van der Waals surface area contributed by atoms with Gasteiger partial charge in [-0.15, -0.1) is 11.3 Å². The van der Waals surface area contributed by atoms with E-state index in [2.05, 4.69) is 5.32 Å². The van der Waals surface area contributed by atoms with Crippen LogP contribution in [0, 0.1) is 0 Å². The Morgan fingerprint density at radius 1 is 1.31 bits per heavy atom. The van der Waals surface area contributed by atoms with Crippen molar-refractivity contribution in [1.82, 2.24) is 4.90 Å². The molecule has 0 radical (unpaired) electrons. The van der Waals surface area contributed by atoms with E-state index in [1.165, 1.54) is 6.07 Å². The lowest BCUT2D eigenvalue weighted by molar-refractivity contribution is -0.137. The Bertz CT molecular complexity index is 821. The first-order chi connectivity index (χ1) is 13.8. The van der Waals surface area contributed by atoms with E-state index in [0.29, 0.717) is 38.5 Å². The highest BCUT2D eigenvalue weighted by Crippen LogP contribution is 2.36. The summed E-state index contributed by atoms with van der Waals surface area (Å²) in [6.45, 7) is 4.43. The molecule has 1 fully saturated rings. The number of morpholine rings is 1. The van der Waals surface area contributed by atoms with Gasteiger partial charge in [0.05, 0.1) is 36.2 Å². The van der Waals surface area contributed by atoms with Crippen LogP contribution in [0.3, 0.4) is 0 Å². The molecule has 2 heterocycles. The maximum atomic E-state index is 13.2. The van der Waals surface area contributed by atoms with Gasteiger partial charge in [0.1, 0.15) is 0 Å². The van der Waals surface area contributed by atoms with Crippen molar-refractivity contribution < 1.29 is 22.7 Å². The van der Waals surface area contributed by atoms with Gasteiger partial charge in [0, 0.05) is 24.5 Å². The van der Waals surface area contributed by atoms with E-state index in [9.17, 15) is 18.0 Å². The van der Waals surface area contributed by atoms with Gasteiger partial charge in [-0.25, -0.2) is 0 Å². The molecule has 29 heavy (non-hydrogen) atoms. The summed E-state index contributed by atoms with van der Waals surface area (Å²) in [5.41, 5.74) is -0.0461. The van der Waals surface area contributed by atoms with Gasteiger partial charge in [-0.05, 0) is 43.6 Å². The minimum absolute atomic E-state index is 0.170. The molecule has 0 bridgehead atoms. The highest BCUT2D eigenvalue weighted by Gasteiger charge is 2.32. The van der Waals surface area contributed by atoms with Crippen molar-refractivity contribution in [2.24, 2.45) is 0 Å². The van der Waals surface area contributed by atoms with Crippen LogP contribution >= 0.6 is 11.3 Å². The lowest BCUT2D eigenvalue weighted by Crippen LogP contribution is -2.40. The monoisotopic (exact) mass is 427 g/mol. The Balaban J connectivity index is 1.80. The molecule has 0 saturated carbocycles. The Morgan fingerprint density at radius 3 is 2.66 bits per heavy atom. The molecule has 1 amide bonds. The smallest absolute Gasteiger partial charge is 0.378 e. The summed E-state index contributed by atoms with van der Waals surface area (Å²) < 4.78 is 45.0. The van der Waals surface area contributed by atoms with Gasteiger partial charge < -0.3 is 15.0 Å². The SMILES string of the molecule is C[C@H](C(=O)Nc1cc(C(F)(F)F)ccc1N1CCOCC1)N(C)Cc1cccs1. The summed E-state index contributed by atoms with van der Waals surface area (Å²) >= 11 is 1.59. The fraction of sp³-hybridized carbons (Fsp3) is 0.450. The minimum atomic E-state index is -4.48. The van der Waals surface area contributed by atoms with Gasteiger partial charge >= 0.3 is 6.18 Å². The molecule has 1 atom stereocenters. The second kappa shape index (κ2) is 9.15. The molecule has 0 unspecified atom stereocenters. The third-order valence-electron chi connectivity index (χ3n) is 4.96. The molecule has 1 aromatic carbocycles. The summed E-state index contributed by atoms with van der Waals surface area (Å²) in [5, 5.41) is 4.68. The average Bonchev–Trinajstić information content (AvgIpc) is 3.20. The first-order valence-electron chi connectivity index (χ1n) is 9.33. The molecule has 1 saturated heterocycles. The first-order valence-corrected chi connectivity index (χ1v) is 10.2. The topological polar surface area (TPSA) is 44.8 Å². The number of benzene rings is 1. The number of anilines is 2. The summed E-state index contributed by atoms with van der Waals surface area (Å²) in [6, 6.07) is 6.89. The van der Waals surface area contributed by atoms with Crippen LogP contribution in [0.1, 0.15) is 17.4 Å². The van der Waals surface area contributed by atoms with Crippen LogP contribution in [-0.4, -0.2) is 50.2 Å². The number of hydrogen-bond donors (Lipinski definition) is 1. The summed E-state index contributed by atoms with van der Waals surface area (Å²) in [7, 11) is 1.82. The second-order valence-corrected chi connectivity index (χ2v) is 8.02. The average molecular weight is 427 g/mol. The van der Waals surface area contributed by atoms with Gasteiger partial charge in [-0.2, -0.15) is 13.2 Å². The van der Waals surface area contributed by atoms with Crippen LogP contribution in [0.2, 0.25) is 0 Å². The Hall–Kier alpha value is -2.10. The third-order valence-corrected chi connectivity index (χ3v) is 5.82. The van der Waals surface area contributed by atoms with E-state index in [-0.39, 0.29) is 11.6 Å². The van der Waals surface area contributed by atoms with Crippen molar-refractivity contribution in [2.75, 3.05) is 43.6 Å². The number of rotatable bonds is 6. The predicted molar refractivity (Wildman–Crippen MR) is 108 cm³/mol. The Labute approximate surface area is 172 Å². The van der Waals surface area contributed by atoms with Crippen molar-refractivity contribution in [1.29, 1.82) is 0 Å². The molecule has 0 spiro atoms. The molecule has 0 aliphatic carbocycles. The van der Waals surface area contributed by atoms with Gasteiger partial charge in [-0.1, -0.05) is 6.07 Å². The van der Waals surface area contributed by atoms with Gasteiger partial charge in [-0.3, -0.25) is 9.69 Å². The number of alkyl halides is 3. The highest BCUT2D eigenvalue weighted by molar-refractivity contribution is 7.09. The number of halogens is 3. The van der Waals surface area contributed by atoms with Crippen molar-refractivity contribution in [3.8, 4) is 0 Å². The molecule has 9 heteroatoms. The second-order valence-electron chi connectivity index (χ2n) is 6.99. The first kappa shape index (κ1) is 21.6. The predicted octanol–water partition coefficient (Wildman–Crippen LogP) is 4.06. The number of ether oxygens (including phenoxy) is 1. The number of carbonyl (C=O) groups is 1. The molecule has 158 valence electrons. The summed E-state index contributed by atoms with van der Waals surface area (Å²) in [6.07, 6.45) is -4.48. The molecule has 1 aromatic heterocycles. The Morgan fingerprint density at radius 2 is 2.03 bits per heavy atom.